The highest BCUT2D eigenvalue weighted by Gasteiger charge is 2.34. The lowest BCUT2D eigenvalue weighted by Gasteiger charge is -2.32. The van der Waals surface area contributed by atoms with Crippen LogP contribution in [0.1, 0.15) is 41.5 Å². The van der Waals surface area contributed by atoms with Gasteiger partial charge in [0.2, 0.25) is 0 Å². The number of hydrogen-bond acceptors (Lipinski definition) is 3. The number of nitrogens with two attached hydrogens (primary N) is 1. The third kappa shape index (κ3) is 1.96. The summed E-state index contributed by atoms with van der Waals surface area (Å²) >= 11 is 1.86. The number of hydrogen-bond donors (Lipinski definition) is 2. The van der Waals surface area contributed by atoms with Gasteiger partial charge in [-0.2, -0.15) is 0 Å². The molecule has 1 aromatic heterocycles. The van der Waals surface area contributed by atoms with Crippen LogP contribution in [0.3, 0.4) is 0 Å². The van der Waals surface area contributed by atoms with Gasteiger partial charge in [0.25, 0.3) is 0 Å². The van der Waals surface area contributed by atoms with Crippen LogP contribution in [-0.4, -0.2) is 11.7 Å². The zero-order chi connectivity index (χ0) is 10.9. The summed E-state index contributed by atoms with van der Waals surface area (Å²) in [7, 11) is 0. The third-order valence-corrected chi connectivity index (χ3v) is 4.60. The quantitative estimate of drug-likeness (QED) is 0.828. The molecule has 3 heteroatoms. The summed E-state index contributed by atoms with van der Waals surface area (Å²) < 4.78 is 0. The van der Waals surface area contributed by atoms with Gasteiger partial charge in [0.05, 0.1) is 5.60 Å². The Morgan fingerprint density at radius 3 is 3.07 bits per heavy atom. The standard InChI is InChI=1S/C12H19NOS/c1-2-9-8-10-11(15-9)4-3-5-12(10,14)6-7-13/h8,14H,2-7,13H2,1H3. The molecular formula is C12H19NOS. The molecule has 0 amide bonds. The number of thiophene rings is 1. The Bertz CT molecular complexity index is 347. The molecule has 0 fully saturated rings. The highest BCUT2D eigenvalue weighted by Crippen LogP contribution is 2.41. The van der Waals surface area contributed by atoms with Crippen LogP contribution < -0.4 is 5.73 Å². The SMILES string of the molecule is CCc1cc2c(s1)CCCC2(O)CCN. The fraction of sp³-hybridized carbons (Fsp3) is 0.667. The van der Waals surface area contributed by atoms with E-state index < -0.39 is 5.60 Å². The second-order valence-electron chi connectivity index (χ2n) is 4.33. The molecule has 1 aromatic rings. The first-order valence-corrected chi connectivity index (χ1v) is 6.56. The maximum Gasteiger partial charge on any atom is 0.0919 e. The molecular weight excluding hydrogens is 206 g/mol. The van der Waals surface area contributed by atoms with Crippen molar-refractivity contribution in [2.24, 2.45) is 5.73 Å². The predicted octanol–water partition coefficient (Wildman–Crippen LogP) is 2.18. The van der Waals surface area contributed by atoms with Crippen LogP contribution in [0.15, 0.2) is 6.07 Å². The molecule has 0 aromatic carbocycles. The molecule has 1 unspecified atom stereocenters. The molecule has 1 heterocycles. The monoisotopic (exact) mass is 225 g/mol. The topological polar surface area (TPSA) is 46.2 Å². The van der Waals surface area contributed by atoms with Crippen molar-refractivity contribution in [1.29, 1.82) is 0 Å². The molecule has 84 valence electrons. The Morgan fingerprint density at radius 2 is 2.40 bits per heavy atom. The Morgan fingerprint density at radius 1 is 1.60 bits per heavy atom. The number of fused-ring (bicyclic) bond motifs is 1. The van der Waals surface area contributed by atoms with E-state index in [1.54, 1.807) is 0 Å². The molecule has 1 aliphatic rings. The van der Waals surface area contributed by atoms with Gasteiger partial charge in [-0.3, -0.25) is 0 Å². The lowest BCUT2D eigenvalue weighted by Crippen LogP contribution is -2.32. The highest BCUT2D eigenvalue weighted by atomic mass is 32.1. The lowest BCUT2D eigenvalue weighted by atomic mass is 9.81. The van der Waals surface area contributed by atoms with Gasteiger partial charge in [-0.15, -0.1) is 11.3 Å². The fourth-order valence-electron chi connectivity index (χ4n) is 2.41. The lowest BCUT2D eigenvalue weighted by molar-refractivity contribution is 0.0133. The van der Waals surface area contributed by atoms with Crippen LogP contribution in [0.4, 0.5) is 0 Å². The first-order chi connectivity index (χ1) is 7.19. The van der Waals surface area contributed by atoms with Gasteiger partial charge in [0, 0.05) is 9.75 Å². The van der Waals surface area contributed by atoms with Crippen molar-refractivity contribution in [3.05, 3.63) is 21.4 Å². The average Bonchev–Trinajstić information content (AvgIpc) is 2.63. The van der Waals surface area contributed by atoms with E-state index in [0.29, 0.717) is 13.0 Å². The molecule has 0 bridgehead atoms. The predicted molar refractivity (Wildman–Crippen MR) is 64.2 cm³/mol. The van der Waals surface area contributed by atoms with E-state index in [1.807, 2.05) is 11.3 Å². The van der Waals surface area contributed by atoms with Crippen LogP contribution in [0, 0.1) is 0 Å². The van der Waals surface area contributed by atoms with Gasteiger partial charge in [-0.25, -0.2) is 0 Å². The number of rotatable bonds is 3. The second kappa shape index (κ2) is 4.24. The largest absolute Gasteiger partial charge is 0.385 e. The van der Waals surface area contributed by atoms with Gasteiger partial charge in [0.1, 0.15) is 0 Å². The third-order valence-electron chi connectivity index (χ3n) is 3.26. The van der Waals surface area contributed by atoms with Crippen LogP contribution >= 0.6 is 11.3 Å². The maximum absolute atomic E-state index is 10.6. The van der Waals surface area contributed by atoms with E-state index in [2.05, 4.69) is 13.0 Å². The van der Waals surface area contributed by atoms with E-state index in [0.717, 1.165) is 25.7 Å². The van der Waals surface area contributed by atoms with E-state index >= 15 is 0 Å². The summed E-state index contributed by atoms with van der Waals surface area (Å²) in [5, 5.41) is 10.6. The van der Waals surface area contributed by atoms with Crippen LogP contribution in [0.2, 0.25) is 0 Å². The summed E-state index contributed by atoms with van der Waals surface area (Å²) in [5.41, 5.74) is 6.12. The van der Waals surface area contributed by atoms with E-state index in [1.165, 1.54) is 15.3 Å². The maximum atomic E-state index is 10.6. The minimum absolute atomic E-state index is 0.563. The van der Waals surface area contributed by atoms with E-state index in [4.69, 9.17) is 5.73 Å². The smallest absolute Gasteiger partial charge is 0.0919 e. The number of aryl methyl sites for hydroxylation is 2. The molecule has 1 atom stereocenters. The van der Waals surface area contributed by atoms with Crippen molar-refractivity contribution in [2.45, 2.75) is 44.6 Å². The molecule has 15 heavy (non-hydrogen) atoms. The van der Waals surface area contributed by atoms with Crippen molar-refractivity contribution in [3.63, 3.8) is 0 Å². The first-order valence-electron chi connectivity index (χ1n) is 5.74. The second-order valence-corrected chi connectivity index (χ2v) is 5.55. The van der Waals surface area contributed by atoms with Gasteiger partial charge in [-0.05, 0) is 50.3 Å². The van der Waals surface area contributed by atoms with Gasteiger partial charge < -0.3 is 10.8 Å². The zero-order valence-corrected chi connectivity index (χ0v) is 10.1. The molecule has 0 saturated heterocycles. The fourth-order valence-corrected chi connectivity index (χ4v) is 3.66. The zero-order valence-electron chi connectivity index (χ0n) is 9.25. The molecule has 1 aliphatic carbocycles. The molecule has 0 saturated carbocycles. The molecule has 0 spiro atoms. The van der Waals surface area contributed by atoms with Crippen molar-refractivity contribution in [2.75, 3.05) is 6.54 Å². The molecule has 2 nitrogen and oxygen atoms in total. The number of aliphatic hydroxyl groups is 1. The summed E-state index contributed by atoms with van der Waals surface area (Å²) in [4.78, 5) is 2.77. The van der Waals surface area contributed by atoms with E-state index in [-0.39, 0.29) is 0 Å². The first kappa shape index (κ1) is 11.1. The molecule has 3 N–H and O–H groups in total. The Hall–Kier alpha value is -0.380. The summed E-state index contributed by atoms with van der Waals surface area (Å²) in [6.07, 6.45) is 4.85. The summed E-state index contributed by atoms with van der Waals surface area (Å²) in [5.74, 6) is 0. The van der Waals surface area contributed by atoms with Crippen molar-refractivity contribution < 1.29 is 5.11 Å². The minimum atomic E-state index is -0.633. The van der Waals surface area contributed by atoms with Gasteiger partial charge in [0.15, 0.2) is 0 Å². The average molecular weight is 225 g/mol. The van der Waals surface area contributed by atoms with E-state index in [9.17, 15) is 5.11 Å². The van der Waals surface area contributed by atoms with Crippen molar-refractivity contribution in [1.82, 2.24) is 0 Å². The van der Waals surface area contributed by atoms with Crippen LogP contribution in [0.5, 0.6) is 0 Å². The molecule has 0 aliphatic heterocycles. The highest BCUT2D eigenvalue weighted by molar-refractivity contribution is 7.12. The van der Waals surface area contributed by atoms with Gasteiger partial charge in [-0.1, -0.05) is 6.92 Å². The Labute approximate surface area is 95.1 Å². The molecule has 2 rings (SSSR count). The normalized spacial score (nSPS) is 25.3. The minimum Gasteiger partial charge on any atom is -0.385 e. The summed E-state index contributed by atoms with van der Waals surface area (Å²) in [6.45, 7) is 2.73. The summed E-state index contributed by atoms with van der Waals surface area (Å²) in [6, 6.07) is 2.19. The Balaban J connectivity index is 2.36. The van der Waals surface area contributed by atoms with Gasteiger partial charge >= 0.3 is 0 Å². The molecule has 0 radical (unpaired) electrons. The van der Waals surface area contributed by atoms with Crippen molar-refractivity contribution in [3.8, 4) is 0 Å². The van der Waals surface area contributed by atoms with Crippen molar-refractivity contribution >= 4 is 11.3 Å². The van der Waals surface area contributed by atoms with Crippen LogP contribution in [-0.2, 0) is 18.4 Å². The Kier molecular flexibility index (Phi) is 3.14. The van der Waals surface area contributed by atoms with Crippen LogP contribution in [0.25, 0.3) is 0 Å².